The smallest absolute Gasteiger partial charge is 0.303 e. The Balaban J connectivity index is 1.54. The van der Waals surface area contributed by atoms with Crippen molar-refractivity contribution in [3.63, 3.8) is 0 Å². The molecule has 0 bridgehead atoms. The Hall–Kier alpha value is -2.17. The standard InChI is InChI=1S/C26H35NO3/c1-20-7-11-22(12-8-20)26(23-13-9-21(2)10-14-23)30-24-15-18-27(19-16-24)17-5-3-4-6-25(28)29/h7-14,24,26H,3-6,15-19H2,1-2H3,(H,28,29). The topological polar surface area (TPSA) is 49.8 Å². The van der Waals surface area contributed by atoms with Crippen LogP contribution in [-0.2, 0) is 9.53 Å². The minimum Gasteiger partial charge on any atom is -0.481 e. The fourth-order valence-electron chi connectivity index (χ4n) is 4.08. The highest BCUT2D eigenvalue weighted by molar-refractivity contribution is 5.66. The number of carboxylic acid groups (broad SMARTS) is 1. The van der Waals surface area contributed by atoms with E-state index >= 15 is 0 Å². The number of hydrogen-bond acceptors (Lipinski definition) is 3. The number of unbranched alkanes of at least 4 members (excludes halogenated alkanes) is 2. The normalized spacial score (nSPS) is 15.6. The van der Waals surface area contributed by atoms with E-state index in [4.69, 9.17) is 9.84 Å². The third-order valence-corrected chi connectivity index (χ3v) is 5.99. The van der Waals surface area contributed by atoms with Gasteiger partial charge in [-0.3, -0.25) is 4.79 Å². The van der Waals surface area contributed by atoms with Gasteiger partial charge in [0, 0.05) is 19.5 Å². The van der Waals surface area contributed by atoms with Crippen molar-refractivity contribution < 1.29 is 14.6 Å². The van der Waals surface area contributed by atoms with Gasteiger partial charge in [0.25, 0.3) is 0 Å². The van der Waals surface area contributed by atoms with Gasteiger partial charge in [0.15, 0.2) is 0 Å². The third-order valence-electron chi connectivity index (χ3n) is 5.99. The first-order chi connectivity index (χ1) is 14.5. The van der Waals surface area contributed by atoms with Gasteiger partial charge in [0.05, 0.1) is 6.10 Å². The summed E-state index contributed by atoms with van der Waals surface area (Å²) in [6, 6.07) is 17.4. The highest BCUT2D eigenvalue weighted by atomic mass is 16.5. The maximum Gasteiger partial charge on any atom is 0.303 e. The van der Waals surface area contributed by atoms with E-state index < -0.39 is 5.97 Å². The monoisotopic (exact) mass is 409 g/mol. The Kier molecular flexibility index (Phi) is 8.47. The number of hydrogen-bond donors (Lipinski definition) is 1. The lowest BCUT2D eigenvalue weighted by Gasteiger charge is -2.34. The van der Waals surface area contributed by atoms with E-state index in [0.717, 1.165) is 51.7 Å². The Bertz CT molecular complexity index is 731. The van der Waals surface area contributed by atoms with E-state index in [0.29, 0.717) is 0 Å². The van der Waals surface area contributed by atoms with Crippen molar-refractivity contribution in [2.75, 3.05) is 19.6 Å². The summed E-state index contributed by atoms with van der Waals surface area (Å²) in [5.74, 6) is -0.690. The molecule has 0 unspecified atom stereocenters. The summed E-state index contributed by atoms with van der Waals surface area (Å²) in [4.78, 5) is 13.1. The second-order valence-corrected chi connectivity index (χ2v) is 8.58. The highest BCUT2D eigenvalue weighted by Crippen LogP contribution is 2.30. The Morgan fingerprint density at radius 2 is 1.47 bits per heavy atom. The largest absolute Gasteiger partial charge is 0.481 e. The summed E-state index contributed by atoms with van der Waals surface area (Å²) in [6.45, 7) is 7.40. The molecule has 1 heterocycles. The molecular weight excluding hydrogens is 374 g/mol. The van der Waals surface area contributed by atoms with Crippen LogP contribution in [0.2, 0.25) is 0 Å². The molecule has 1 fully saturated rings. The number of piperidine rings is 1. The zero-order valence-electron chi connectivity index (χ0n) is 18.3. The van der Waals surface area contributed by atoms with Gasteiger partial charge in [0.2, 0.25) is 0 Å². The predicted octanol–water partition coefficient (Wildman–Crippen LogP) is 5.52. The van der Waals surface area contributed by atoms with Crippen molar-refractivity contribution in [2.24, 2.45) is 0 Å². The van der Waals surface area contributed by atoms with Crippen molar-refractivity contribution in [1.29, 1.82) is 0 Å². The van der Waals surface area contributed by atoms with E-state index in [1.807, 2.05) is 0 Å². The minimum atomic E-state index is -0.690. The van der Waals surface area contributed by atoms with Crippen molar-refractivity contribution in [3.8, 4) is 0 Å². The van der Waals surface area contributed by atoms with E-state index in [2.05, 4.69) is 67.3 Å². The van der Waals surface area contributed by atoms with Crippen LogP contribution in [-0.4, -0.2) is 41.7 Å². The molecule has 4 nitrogen and oxygen atoms in total. The van der Waals surface area contributed by atoms with Gasteiger partial charge in [-0.15, -0.1) is 0 Å². The number of aliphatic carboxylic acids is 1. The predicted molar refractivity (Wildman–Crippen MR) is 121 cm³/mol. The Labute approximate surface area is 180 Å². The first-order valence-electron chi connectivity index (χ1n) is 11.2. The molecule has 30 heavy (non-hydrogen) atoms. The van der Waals surface area contributed by atoms with E-state index in [1.54, 1.807) is 0 Å². The molecule has 162 valence electrons. The lowest BCUT2D eigenvalue weighted by atomic mass is 9.98. The van der Waals surface area contributed by atoms with Crippen LogP contribution in [0.1, 0.15) is 66.9 Å². The number of benzene rings is 2. The van der Waals surface area contributed by atoms with Crippen molar-refractivity contribution >= 4 is 5.97 Å². The molecule has 1 saturated heterocycles. The molecule has 0 atom stereocenters. The first kappa shape index (κ1) is 22.5. The summed E-state index contributed by atoms with van der Waals surface area (Å²) in [5.41, 5.74) is 4.95. The Morgan fingerprint density at radius 3 is 1.97 bits per heavy atom. The van der Waals surface area contributed by atoms with Crippen molar-refractivity contribution in [1.82, 2.24) is 4.90 Å². The molecule has 0 amide bonds. The van der Waals surface area contributed by atoms with E-state index in [-0.39, 0.29) is 18.6 Å². The number of carbonyl (C=O) groups is 1. The first-order valence-corrected chi connectivity index (χ1v) is 11.2. The lowest BCUT2D eigenvalue weighted by Crippen LogP contribution is -2.38. The van der Waals surface area contributed by atoms with E-state index in [9.17, 15) is 4.79 Å². The Morgan fingerprint density at radius 1 is 0.933 bits per heavy atom. The molecule has 4 heteroatoms. The second kappa shape index (κ2) is 11.3. The number of ether oxygens (including phenoxy) is 1. The molecule has 2 aromatic rings. The molecule has 0 saturated carbocycles. The number of rotatable bonds is 10. The van der Waals surface area contributed by atoms with E-state index in [1.165, 1.54) is 22.3 Å². The molecular formula is C26H35NO3. The summed E-state index contributed by atoms with van der Waals surface area (Å²) >= 11 is 0. The number of nitrogens with zero attached hydrogens (tertiary/aromatic N) is 1. The van der Waals surface area contributed by atoms with Gasteiger partial charge in [-0.05, 0) is 57.2 Å². The SMILES string of the molecule is Cc1ccc(C(OC2CCN(CCCCCC(=O)O)CC2)c2ccc(C)cc2)cc1. The molecule has 2 aromatic carbocycles. The number of carboxylic acids is 1. The maximum atomic E-state index is 10.6. The fraction of sp³-hybridized carbons (Fsp3) is 0.500. The fourth-order valence-corrected chi connectivity index (χ4v) is 4.08. The van der Waals surface area contributed by atoms with Gasteiger partial charge in [-0.25, -0.2) is 0 Å². The average Bonchev–Trinajstić information content (AvgIpc) is 2.74. The van der Waals surface area contributed by atoms with Gasteiger partial charge >= 0.3 is 5.97 Å². The van der Waals surface area contributed by atoms with Crippen LogP contribution in [0, 0.1) is 13.8 Å². The van der Waals surface area contributed by atoms with Gasteiger partial charge in [-0.1, -0.05) is 66.1 Å². The lowest BCUT2D eigenvalue weighted by molar-refractivity contribution is -0.137. The average molecular weight is 410 g/mol. The van der Waals surface area contributed by atoms with Crippen LogP contribution in [0.4, 0.5) is 0 Å². The minimum absolute atomic E-state index is 0.0289. The van der Waals surface area contributed by atoms with Crippen LogP contribution >= 0.6 is 0 Å². The number of aryl methyl sites for hydroxylation is 2. The zero-order valence-corrected chi connectivity index (χ0v) is 18.3. The van der Waals surface area contributed by atoms with Gasteiger partial charge in [-0.2, -0.15) is 0 Å². The van der Waals surface area contributed by atoms with Gasteiger partial charge in [0.1, 0.15) is 6.10 Å². The highest BCUT2D eigenvalue weighted by Gasteiger charge is 2.24. The van der Waals surface area contributed by atoms with Crippen molar-refractivity contribution in [3.05, 3.63) is 70.8 Å². The summed E-state index contributed by atoms with van der Waals surface area (Å²) in [7, 11) is 0. The summed E-state index contributed by atoms with van der Waals surface area (Å²) in [6.07, 6.45) is 5.46. The zero-order chi connectivity index (χ0) is 21.3. The molecule has 1 aliphatic heterocycles. The molecule has 1 N–H and O–H groups in total. The molecule has 1 aliphatic rings. The van der Waals surface area contributed by atoms with Crippen LogP contribution in [0.25, 0.3) is 0 Å². The summed E-state index contributed by atoms with van der Waals surface area (Å²) < 4.78 is 6.67. The maximum absolute atomic E-state index is 10.6. The molecule has 3 rings (SSSR count). The van der Waals surface area contributed by atoms with Crippen LogP contribution < -0.4 is 0 Å². The van der Waals surface area contributed by atoms with Gasteiger partial charge < -0.3 is 14.7 Å². The van der Waals surface area contributed by atoms with Crippen molar-refractivity contribution in [2.45, 2.75) is 64.6 Å². The third kappa shape index (κ3) is 6.96. The molecule has 0 aromatic heterocycles. The number of likely N-dealkylation sites (tertiary alicyclic amines) is 1. The quantitative estimate of drug-likeness (QED) is 0.525. The van der Waals surface area contributed by atoms with Crippen LogP contribution in [0.5, 0.6) is 0 Å². The summed E-state index contributed by atoms with van der Waals surface area (Å²) in [5, 5.41) is 8.73. The molecule has 0 radical (unpaired) electrons. The second-order valence-electron chi connectivity index (χ2n) is 8.58. The van der Waals surface area contributed by atoms with Crippen LogP contribution in [0.3, 0.4) is 0 Å². The molecule has 0 spiro atoms. The molecule has 0 aliphatic carbocycles. The van der Waals surface area contributed by atoms with Crippen LogP contribution in [0.15, 0.2) is 48.5 Å².